The first-order chi connectivity index (χ1) is 18.8. The van der Waals surface area contributed by atoms with Gasteiger partial charge >= 0.3 is 0 Å². The van der Waals surface area contributed by atoms with Crippen molar-refractivity contribution in [3.63, 3.8) is 0 Å². The first-order valence-corrected chi connectivity index (χ1v) is 12.5. The van der Waals surface area contributed by atoms with Crippen LogP contribution >= 0.6 is 0 Å². The second-order valence-electron chi connectivity index (χ2n) is 9.64. The molecule has 1 saturated heterocycles. The van der Waals surface area contributed by atoms with Crippen LogP contribution in [-0.4, -0.2) is 41.0 Å². The van der Waals surface area contributed by atoms with Crippen LogP contribution in [0.15, 0.2) is 53.5 Å². The number of hydrogen-bond acceptors (Lipinski definition) is 4. The normalized spacial score (nSPS) is 18.4. The summed E-state index contributed by atoms with van der Waals surface area (Å²) in [5, 5.41) is 2.29. The molecule has 1 N–H and O–H groups in total. The van der Waals surface area contributed by atoms with E-state index in [0.717, 1.165) is 0 Å². The van der Waals surface area contributed by atoms with Gasteiger partial charge in [-0.25, -0.2) is 13.2 Å². The molecule has 0 radical (unpaired) electrons. The third-order valence-electron chi connectivity index (χ3n) is 7.19. The van der Waals surface area contributed by atoms with E-state index in [1.807, 2.05) is 0 Å². The van der Waals surface area contributed by atoms with E-state index in [1.165, 1.54) is 10.8 Å². The number of nitrogens with one attached hydrogen (secondary N) is 1. The smallest absolute Gasteiger partial charge is 0.274 e. The molecule has 0 saturated carbocycles. The van der Waals surface area contributed by atoms with Crippen LogP contribution < -0.4 is 15.5 Å². The van der Waals surface area contributed by atoms with Gasteiger partial charge in [0, 0.05) is 49.4 Å². The van der Waals surface area contributed by atoms with Crippen LogP contribution in [-0.2, 0) is 13.2 Å². The highest BCUT2D eigenvalue weighted by molar-refractivity contribution is 5.99. The number of alkyl halides is 1. The Morgan fingerprint density at radius 1 is 1.08 bits per heavy atom. The van der Waals surface area contributed by atoms with Gasteiger partial charge < -0.3 is 19.5 Å². The average molecular weight is 544 g/mol. The molecule has 3 heterocycles. The number of pyridine rings is 1. The third-order valence-corrected chi connectivity index (χ3v) is 7.19. The number of fused-ring (bicyclic) bond motifs is 4. The van der Waals surface area contributed by atoms with Crippen molar-refractivity contribution >= 4 is 11.8 Å². The number of rotatable bonds is 7. The zero-order chi connectivity index (χ0) is 27.7. The van der Waals surface area contributed by atoms with Crippen molar-refractivity contribution in [1.29, 1.82) is 0 Å². The lowest BCUT2D eigenvalue weighted by molar-refractivity contribution is 0.0647. The Kier molecular flexibility index (Phi) is 7.40. The topological polar surface area (TPSA) is 80.6 Å². The monoisotopic (exact) mass is 543 g/mol. The molecule has 11 heteroatoms. The van der Waals surface area contributed by atoms with E-state index >= 15 is 0 Å². The molecule has 1 fully saturated rings. The first-order valence-electron chi connectivity index (χ1n) is 12.5. The predicted octanol–water partition coefficient (Wildman–Crippen LogP) is 4.15. The minimum atomic E-state index is -1.20. The van der Waals surface area contributed by atoms with Crippen molar-refractivity contribution in [2.75, 3.05) is 19.8 Å². The molecule has 0 aliphatic carbocycles. The van der Waals surface area contributed by atoms with E-state index in [9.17, 15) is 31.9 Å². The van der Waals surface area contributed by atoms with Gasteiger partial charge in [0.05, 0.1) is 12.7 Å². The largest absolute Gasteiger partial charge is 0.483 e. The van der Waals surface area contributed by atoms with Crippen molar-refractivity contribution in [2.45, 2.75) is 32.0 Å². The first kappa shape index (κ1) is 26.5. The second kappa shape index (κ2) is 10.9. The minimum absolute atomic E-state index is 0.0697. The number of halogens is 4. The summed E-state index contributed by atoms with van der Waals surface area (Å²) in [6.07, 6.45) is 2.27. The summed E-state index contributed by atoms with van der Waals surface area (Å²) >= 11 is 0. The van der Waals surface area contributed by atoms with Crippen LogP contribution in [0.4, 0.5) is 17.6 Å². The number of carbonyl (C=O) groups excluding carboxylic acids is 2. The lowest BCUT2D eigenvalue weighted by atomic mass is 9.94. The van der Waals surface area contributed by atoms with Crippen molar-refractivity contribution in [1.82, 2.24) is 14.8 Å². The Morgan fingerprint density at radius 2 is 1.79 bits per heavy atom. The Balaban J connectivity index is 1.56. The van der Waals surface area contributed by atoms with Gasteiger partial charge in [0.2, 0.25) is 5.43 Å². The van der Waals surface area contributed by atoms with E-state index < -0.39 is 71.0 Å². The highest BCUT2D eigenvalue weighted by Gasteiger charge is 2.40. The fourth-order valence-corrected chi connectivity index (χ4v) is 5.14. The van der Waals surface area contributed by atoms with Crippen LogP contribution in [0.1, 0.15) is 50.9 Å². The predicted molar refractivity (Wildman–Crippen MR) is 133 cm³/mol. The number of benzene rings is 2. The van der Waals surface area contributed by atoms with E-state index in [0.29, 0.717) is 37.1 Å². The van der Waals surface area contributed by atoms with Gasteiger partial charge in [0.1, 0.15) is 29.6 Å². The maximum atomic E-state index is 14.1. The van der Waals surface area contributed by atoms with Crippen molar-refractivity contribution in [3.05, 3.63) is 98.7 Å². The van der Waals surface area contributed by atoms with Crippen LogP contribution in [0.3, 0.4) is 0 Å². The second-order valence-corrected chi connectivity index (χ2v) is 9.64. The number of carbonyl (C=O) groups is 2. The molecule has 5 rings (SSSR count). The number of ether oxygens (including phenoxy) is 1. The van der Waals surface area contributed by atoms with E-state index in [2.05, 4.69) is 5.32 Å². The van der Waals surface area contributed by atoms with Gasteiger partial charge in [-0.3, -0.25) is 18.8 Å². The molecule has 204 valence electrons. The Hall–Kier alpha value is -4.15. The Bertz CT molecular complexity index is 1450. The van der Waals surface area contributed by atoms with Gasteiger partial charge in [-0.2, -0.15) is 0 Å². The molecular formula is C28H25F4N3O4. The molecule has 39 heavy (non-hydrogen) atoms. The number of nitrogens with zero attached hydrogens (tertiary/aromatic N) is 2. The van der Waals surface area contributed by atoms with Gasteiger partial charge in [-0.05, 0) is 18.4 Å². The van der Waals surface area contributed by atoms with E-state index in [4.69, 9.17) is 4.74 Å². The van der Waals surface area contributed by atoms with Crippen LogP contribution in [0.5, 0.6) is 5.75 Å². The summed E-state index contributed by atoms with van der Waals surface area (Å²) in [4.78, 5) is 41.7. The van der Waals surface area contributed by atoms with Crippen molar-refractivity contribution < 1.29 is 31.9 Å². The van der Waals surface area contributed by atoms with Crippen LogP contribution in [0.2, 0.25) is 0 Å². The zero-order valence-corrected chi connectivity index (χ0v) is 20.8. The Labute approximate surface area is 221 Å². The van der Waals surface area contributed by atoms with E-state index in [-0.39, 0.29) is 24.6 Å². The molecule has 0 spiro atoms. The molecule has 1 unspecified atom stereocenters. The van der Waals surface area contributed by atoms with E-state index in [1.54, 1.807) is 35.2 Å². The summed E-state index contributed by atoms with van der Waals surface area (Å²) in [5.41, 5.74) is -1.28. The summed E-state index contributed by atoms with van der Waals surface area (Å²) in [5.74, 6) is -5.78. The molecule has 2 aliphatic heterocycles. The minimum Gasteiger partial charge on any atom is -0.483 e. The summed E-state index contributed by atoms with van der Waals surface area (Å²) in [6.45, 7) is -0.807. The average Bonchev–Trinajstić information content (AvgIpc) is 3.11. The number of amides is 2. The lowest BCUT2D eigenvalue weighted by Gasteiger charge is -2.37. The molecule has 2 aliphatic rings. The maximum absolute atomic E-state index is 14.1. The fourth-order valence-electron chi connectivity index (χ4n) is 5.14. The van der Waals surface area contributed by atoms with Gasteiger partial charge in [0.25, 0.3) is 11.8 Å². The van der Waals surface area contributed by atoms with Crippen LogP contribution in [0, 0.1) is 23.4 Å². The zero-order valence-electron chi connectivity index (χ0n) is 20.8. The van der Waals surface area contributed by atoms with Crippen LogP contribution in [0.25, 0.3) is 0 Å². The summed E-state index contributed by atoms with van der Waals surface area (Å²) < 4.78 is 62.8. The molecule has 2 amide bonds. The maximum Gasteiger partial charge on any atom is 0.274 e. The van der Waals surface area contributed by atoms with Crippen molar-refractivity contribution in [2.24, 2.45) is 5.92 Å². The van der Waals surface area contributed by atoms with Gasteiger partial charge in [-0.15, -0.1) is 0 Å². The van der Waals surface area contributed by atoms with Gasteiger partial charge in [0.15, 0.2) is 11.4 Å². The molecule has 2 aromatic carbocycles. The van der Waals surface area contributed by atoms with Crippen molar-refractivity contribution in [3.8, 4) is 5.75 Å². The molecule has 2 atom stereocenters. The molecule has 3 aromatic rings. The highest BCUT2D eigenvalue weighted by atomic mass is 19.1. The molecule has 2 bridgehead atoms. The highest BCUT2D eigenvalue weighted by Crippen LogP contribution is 2.36. The number of hydrogen-bond donors (Lipinski definition) is 1. The summed E-state index contributed by atoms with van der Waals surface area (Å²) in [6, 6.07) is 9.28. The standard InChI is InChI=1S/C28H25F4N3O4/c29-11-17-7-4-8-34-14-23(17)35-13-20(27(37)33-12-19-21(31)9-18(30)10-22(19)32)25(36)26(24(35)28(34)38)39-15-16-5-2-1-3-6-16/h1-3,5-6,9-10,13,17,23H,4,7-8,11-12,14-15H2,(H,33,37)/t17-,23?/m0/s1. The molecule has 1 aromatic heterocycles. The fraction of sp³-hybridized carbons (Fsp3) is 0.321. The molecular weight excluding hydrogens is 518 g/mol. The summed E-state index contributed by atoms with van der Waals surface area (Å²) in [7, 11) is 0. The quantitative estimate of drug-likeness (QED) is 0.454. The molecule has 7 nitrogen and oxygen atoms in total. The third kappa shape index (κ3) is 5.13. The van der Waals surface area contributed by atoms with Gasteiger partial charge in [-0.1, -0.05) is 30.3 Å². The lowest BCUT2D eigenvalue weighted by Crippen LogP contribution is -2.46. The SMILES string of the molecule is O=C(NCc1c(F)cc(F)cc1F)c1cn2c(c(OCc3ccccc3)c1=O)C(=O)N1CCC[C@@H](CF)C2C1. The Morgan fingerprint density at radius 3 is 2.49 bits per heavy atom. The number of aromatic nitrogens is 1.